The fourth-order valence-corrected chi connectivity index (χ4v) is 3.69. The van der Waals surface area contributed by atoms with Crippen molar-refractivity contribution in [2.24, 2.45) is 0 Å². The van der Waals surface area contributed by atoms with Crippen molar-refractivity contribution >= 4 is 23.7 Å². The Kier molecular flexibility index (Phi) is 4.48. The van der Waals surface area contributed by atoms with E-state index in [0.29, 0.717) is 19.0 Å². The van der Waals surface area contributed by atoms with Crippen LogP contribution in [0.1, 0.15) is 36.8 Å². The summed E-state index contributed by atoms with van der Waals surface area (Å²) in [7, 11) is 0. The Balaban J connectivity index is 1.37. The Morgan fingerprint density at radius 2 is 2.20 bits per heavy atom. The molecule has 0 unspecified atom stereocenters. The van der Waals surface area contributed by atoms with Crippen LogP contribution in [0.15, 0.2) is 28.0 Å². The molecule has 0 aromatic carbocycles. The summed E-state index contributed by atoms with van der Waals surface area (Å²) in [6.45, 7) is 1.16. The smallest absolute Gasteiger partial charge is 0.324 e. The van der Waals surface area contributed by atoms with Gasteiger partial charge in [-0.25, -0.2) is 4.79 Å². The van der Waals surface area contributed by atoms with E-state index in [-0.39, 0.29) is 18.5 Å². The molecular formula is C16H19N5O3S. The topological polar surface area (TPSA) is 93.3 Å². The highest BCUT2D eigenvalue weighted by molar-refractivity contribution is 7.99. The maximum atomic E-state index is 11.6. The molecule has 2 aromatic rings. The predicted octanol–water partition coefficient (Wildman–Crippen LogP) is 1.83. The highest BCUT2D eigenvalue weighted by Gasteiger charge is 2.31. The van der Waals surface area contributed by atoms with Gasteiger partial charge < -0.3 is 9.73 Å². The zero-order valence-corrected chi connectivity index (χ0v) is 14.5. The molecule has 0 atom stereocenters. The van der Waals surface area contributed by atoms with Crippen molar-refractivity contribution in [2.45, 2.75) is 36.9 Å². The van der Waals surface area contributed by atoms with E-state index in [1.807, 2.05) is 12.1 Å². The number of nitrogens with one attached hydrogen (secondary N) is 1. The predicted molar refractivity (Wildman–Crippen MR) is 90.3 cm³/mol. The minimum Gasteiger partial charge on any atom is -0.467 e. The molecule has 8 nitrogen and oxygen atoms in total. The van der Waals surface area contributed by atoms with E-state index in [4.69, 9.17) is 4.42 Å². The number of nitrogens with zero attached hydrogens (tertiary/aromatic N) is 4. The van der Waals surface area contributed by atoms with Crippen LogP contribution in [-0.2, 0) is 11.3 Å². The fraction of sp³-hybridized carbons (Fsp3) is 0.500. The van der Waals surface area contributed by atoms with Crippen LogP contribution in [-0.4, -0.2) is 50.4 Å². The lowest BCUT2D eigenvalue weighted by Crippen LogP contribution is -2.32. The van der Waals surface area contributed by atoms with E-state index >= 15 is 0 Å². The number of hydrogen-bond donors (Lipinski definition) is 1. The molecule has 132 valence electrons. The van der Waals surface area contributed by atoms with Crippen LogP contribution in [0.2, 0.25) is 0 Å². The number of carbonyl (C=O) groups excluding carboxylic acids is 2. The van der Waals surface area contributed by atoms with Gasteiger partial charge in [-0.05, 0) is 31.4 Å². The van der Waals surface area contributed by atoms with Crippen LogP contribution in [0.25, 0.3) is 0 Å². The van der Waals surface area contributed by atoms with Gasteiger partial charge in [0.2, 0.25) is 5.91 Å². The van der Waals surface area contributed by atoms with Gasteiger partial charge in [0.25, 0.3) is 0 Å². The van der Waals surface area contributed by atoms with Crippen LogP contribution in [0.3, 0.4) is 0 Å². The second-order valence-corrected chi connectivity index (χ2v) is 7.25. The summed E-state index contributed by atoms with van der Waals surface area (Å²) in [6, 6.07) is 3.52. The molecule has 25 heavy (non-hydrogen) atoms. The minimum atomic E-state index is -0.299. The molecule has 0 spiro atoms. The van der Waals surface area contributed by atoms with Gasteiger partial charge >= 0.3 is 6.03 Å². The fourth-order valence-electron chi connectivity index (χ4n) is 2.83. The third-order valence-corrected chi connectivity index (χ3v) is 5.33. The molecule has 2 aliphatic rings. The van der Waals surface area contributed by atoms with Gasteiger partial charge in [-0.2, -0.15) is 0 Å². The lowest BCUT2D eigenvalue weighted by molar-refractivity contribution is -0.124. The maximum absolute atomic E-state index is 11.6. The van der Waals surface area contributed by atoms with Crippen molar-refractivity contribution < 1.29 is 14.0 Å². The normalized spacial score (nSPS) is 17.4. The Hall–Kier alpha value is -2.29. The van der Waals surface area contributed by atoms with Crippen molar-refractivity contribution in [2.75, 3.05) is 18.8 Å². The molecule has 0 radical (unpaired) electrons. The first-order valence-corrected chi connectivity index (χ1v) is 9.37. The van der Waals surface area contributed by atoms with Crippen LogP contribution < -0.4 is 5.32 Å². The van der Waals surface area contributed by atoms with E-state index < -0.39 is 0 Å². The second-order valence-electron chi connectivity index (χ2n) is 6.19. The Morgan fingerprint density at radius 1 is 1.32 bits per heavy atom. The SMILES string of the molecule is O=C1CNC(=O)N1CCCSc1nnc(C2CC2)n1Cc1ccco1. The standard InChI is InChI=1S/C16H19N5O3S/c22-13-9-17-15(23)20(13)6-2-8-25-16-19-18-14(11-4-5-11)21(16)10-12-3-1-7-24-12/h1,3,7,11H,2,4-6,8-10H2,(H,17,23). The zero-order valence-electron chi connectivity index (χ0n) is 13.7. The summed E-state index contributed by atoms with van der Waals surface area (Å²) in [4.78, 5) is 24.3. The van der Waals surface area contributed by atoms with Crippen molar-refractivity contribution in [3.8, 4) is 0 Å². The highest BCUT2D eigenvalue weighted by atomic mass is 32.2. The van der Waals surface area contributed by atoms with Gasteiger partial charge in [0.05, 0.1) is 19.4 Å². The molecule has 2 aromatic heterocycles. The largest absolute Gasteiger partial charge is 0.467 e. The minimum absolute atomic E-state index is 0.105. The molecule has 9 heteroatoms. The number of imide groups is 1. The molecule has 1 aliphatic heterocycles. The van der Waals surface area contributed by atoms with Crippen LogP contribution in [0.5, 0.6) is 0 Å². The van der Waals surface area contributed by atoms with Crippen molar-refractivity contribution in [3.63, 3.8) is 0 Å². The molecule has 1 saturated heterocycles. The molecule has 1 aliphatic carbocycles. The van der Waals surface area contributed by atoms with Crippen molar-refractivity contribution in [1.29, 1.82) is 0 Å². The average molecular weight is 361 g/mol. The van der Waals surface area contributed by atoms with Crippen molar-refractivity contribution in [3.05, 3.63) is 30.0 Å². The Morgan fingerprint density at radius 3 is 2.88 bits per heavy atom. The van der Waals surface area contributed by atoms with E-state index in [1.54, 1.807) is 18.0 Å². The summed E-state index contributed by atoms with van der Waals surface area (Å²) < 4.78 is 7.58. The first-order valence-electron chi connectivity index (χ1n) is 8.39. The molecule has 3 heterocycles. The molecule has 0 bridgehead atoms. The Labute approximate surface area is 149 Å². The van der Waals surface area contributed by atoms with Crippen LogP contribution in [0.4, 0.5) is 4.79 Å². The maximum Gasteiger partial charge on any atom is 0.324 e. The highest BCUT2D eigenvalue weighted by Crippen LogP contribution is 2.40. The van der Waals surface area contributed by atoms with E-state index in [9.17, 15) is 9.59 Å². The molecule has 1 N–H and O–H groups in total. The number of furan rings is 1. The van der Waals surface area contributed by atoms with E-state index in [2.05, 4.69) is 20.1 Å². The van der Waals surface area contributed by atoms with Crippen molar-refractivity contribution in [1.82, 2.24) is 25.0 Å². The molecule has 3 amide bonds. The Bertz CT molecular complexity index is 753. The summed E-state index contributed by atoms with van der Waals surface area (Å²) in [5.74, 6) is 3.00. The number of aromatic nitrogens is 3. The molecule has 2 fully saturated rings. The monoisotopic (exact) mass is 361 g/mol. The van der Waals surface area contributed by atoms with E-state index in [1.165, 1.54) is 4.90 Å². The van der Waals surface area contributed by atoms with Gasteiger partial charge in [0.1, 0.15) is 11.6 Å². The first-order chi connectivity index (χ1) is 12.2. The first kappa shape index (κ1) is 16.2. The quantitative estimate of drug-likeness (QED) is 0.438. The third kappa shape index (κ3) is 3.55. The van der Waals surface area contributed by atoms with Crippen LogP contribution >= 0.6 is 11.8 Å². The lowest BCUT2D eigenvalue weighted by Gasteiger charge is -2.12. The summed E-state index contributed by atoms with van der Waals surface area (Å²) in [5, 5.41) is 12.1. The molecular weight excluding hydrogens is 342 g/mol. The van der Waals surface area contributed by atoms with Gasteiger partial charge in [-0.15, -0.1) is 10.2 Å². The van der Waals surface area contributed by atoms with Gasteiger partial charge in [-0.3, -0.25) is 14.3 Å². The van der Waals surface area contributed by atoms with Gasteiger partial charge in [0.15, 0.2) is 5.16 Å². The molecule has 4 rings (SSSR count). The third-order valence-electron chi connectivity index (χ3n) is 4.28. The molecule has 1 saturated carbocycles. The second kappa shape index (κ2) is 6.91. The number of amides is 3. The summed E-state index contributed by atoms with van der Waals surface area (Å²) >= 11 is 1.60. The number of carbonyl (C=O) groups is 2. The van der Waals surface area contributed by atoms with Gasteiger partial charge in [0, 0.05) is 18.2 Å². The number of urea groups is 1. The lowest BCUT2D eigenvalue weighted by atomic mass is 10.3. The van der Waals surface area contributed by atoms with Crippen LogP contribution in [0, 0.1) is 0 Å². The number of hydrogen-bond acceptors (Lipinski definition) is 6. The number of rotatable bonds is 8. The number of thioether (sulfide) groups is 1. The van der Waals surface area contributed by atoms with E-state index in [0.717, 1.165) is 41.8 Å². The zero-order chi connectivity index (χ0) is 17.2. The average Bonchev–Trinajstić information content (AvgIpc) is 3.02. The van der Waals surface area contributed by atoms with Gasteiger partial charge in [-0.1, -0.05) is 11.8 Å². The summed E-state index contributed by atoms with van der Waals surface area (Å²) in [5.41, 5.74) is 0. The summed E-state index contributed by atoms with van der Waals surface area (Å²) in [6.07, 6.45) is 4.71.